The van der Waals surface area contributed by atoms with Gasteiger partial charge in [0, 0.05) is 31.2 Å². The number of nitrogens with zero attached hydrogens (tertiary/aromatic N) is 4. The summed E-state index contributed by atoms with van der Waals surface area (Å²) >= 11 is 0. The van der Waals surface area contributed by atoms with Crippen molar-refractivity contribution in [1.82, 2.24) is 14.9 Å². The molecule has 3 heterocycles. The van der Waals surface area contributed by atoms with Crippen LogP contribution in [-0.4, -0.2) is 54.1 Å². The van der Waals surface area contributed by atoms with Crippen molar-refractivity contribution in [3.8, 4) is 0 Å². The van der Waals surface area contributed by atoms with Gasteiger partial charge in [0.2, 0.25) is 5.95 Å². The van der Waals surface area contributed by atoms with Crippen molar-refractivity contribution in [2.24, 2.45) is 0 Å². The second-order valence-electron chi connectivity index (χ2n) is 8.06. The maximum absolute atomic E-state index is 5.02. The van der Waals surface area contributed by atoms with Crippen molar-refractivity contribution in [3.05, 3.63) is 11.3 Å². The highest BCUT2D eigenvalue weighted by molar-refractivity contribution is 5.53. The fourth-order valence-corrected chi connectivity index (χ4v) is 4.64. The Balaban J connectivity index is 1.55. The number of hydrogen-bond donors (Lipinski definition) is 1. The van der Waals surface area contributed by atoms with Gasteiger partial charge in [0.15, 0.2) is 0 Å². The van der Waals surface area contributed by atoms with Crippen LogP contribution in [0.5, 0.6) is 0 Å². The molecule has 0 amide bonds. The molecule has 4 rings (SSSR count). The molecule has 1 N–H and O–H groups in total. The fourth-order valence-electron chi connectivity index (χ4n) is 4.64. The molecular weight excluding hydrogens is 310 g/mol. The maximum Gasteiger partial charge on any atom is 0.224 e. The Morgan fingerprint density at radius 3 is 2.48 bits per heavy atom. The highest BCUT2D eigenvalue weighted by atomic mass is 15.2. The molecule has 3 aliphatic rings. The number of hydrogen-bond acceptors (Lipinski definition) is 5. The van der Waals surface area contributed by atoms with Gasteiger partial charge >= 0.3 is 0 Å². The molecule has 0 aromatic carbocycles. The van der Waals surface area contributed by atoms with E-state index in [2.05, 4.69) is 22.2 Å². The van der Waals surface area contributed by atoms with E-state index in [9.17, 15) is 0 Å². The van der Waals surface area contributed by atoms with Gasteiger partial charge in [-0.3, -0.25) is 0 Å². The molecule has 2 aliphatic heterocycles. The number of likely N-dealkylation sites (tertiary alicyclic amines) is 1. The molecule has 0 radical (unpaired) electrons. The minimum absolute atomic E-state index is 0.626. The van der Waals surface area contributed by atoms with Gasteiger partial charge in [-0.2, -0.15) is 4.98 Å². The molecule has 2 saturated heterocycles. The van der Waals surface area contributed by atoms with Crippen molar-refractivity contribution in [1.29, 1.82) is 0 Å². The first-order valence-corrected chi connectivity index (χ1v) is 10.4. The lowest BCUT2D eigenvalue weighted by Crippen LogP contribution is -2.32. The Bertz CT molecular complexity index is 580. The fraction of sp³-hybridized carbons (Fsp3) is 0.800. The van der Waals surface area contributed by atoms with Crippen molar-refractivity contribution in [2.75, 3.05) is 43.4 Å². The van der Waals surface area contributed by atoms with E-state index in [1.165, 1.54) is 75.0 Å². The van der Waals surface area contributed by atoms with Crippen LogP contribution < -0.4 is 10.2 Å². The lowest BCUT2D eigenvalue weighted by Gasteiger charge is -2.28. The second kappa shape index (κ2) is 7.90. The molecule has 2 fully saturated rings. The van der Waals surface area contributed by atoms with Crippen LogP contribution in [0, 0.1) is 0 Å². The number of fused-ring (bicyclic) bond motifs is 1. The smallest absolute Gasteiger partial charge is 0.224 e. The minimum Gasteiger partial charge on any atom is -0.356 e. The monoisotopic (exact) mass is 343 g/mol. The third kappa shape index (κ3) is 3.91. The largest absolute Gasteiger partial charge is 0.356 e. The minimum atomic E-state index is 0.626. The molecular formula is C20H33N5. The summed E-state index contributed by atoms with van der Waals surface area (Å²) in [5, 5.41) is 3.57. The molecule has 1 aromatic rings. The summed E-state index contributed by atoms with van der Waals surface area (Å²) in [6.07, 6.45) is 12.8. The zero-order valence-electron chi connectivity index (χ0n) is 15.8. The van der Waals surface area contributed by atoms with Crippen LogP contribution in [0.15, 0.2) is 0 Å². The molecule has 5 nitrogen and oxygen atoms in total. The summed E-state index contributed by atoms with van der Waals surface area (Å²) in [6.45, 7) is 4.51. The maximum atomic E-state index is 5.02. The van der Waals surface area contributed by atoms with E-state index in [4.69, 9.17) is 9.97 Å². The number of aryl methyl sites for hydroxylation is 1. The molecule has 25 heavy (non-hydrogen) atoms. The summed E-state index contributed by atoms with van der Waals surface area (Å²) in [5.41, 5.74) is 2.75. The van der Waals surface area contributed by atoms with Crippen molar-refractivity contribution in [2.45, 2.75) is 70.3 Å². The SMILES string of the molecule is CN1CCCC1CNc1nc2c(c(N3CCCCCC3)n1)CCCC2. The summed E-state index contributed by atoms with van der Waals surface area (Å²) in [7, 11) is 2.23. The van der Waals surface area contributed by atoms with E-state index < -0.39 is 0 Å². The van der Waals surface area contributed by atoms with Crippen LogP contribution in [0.2, 0.25) is 0 Å². The Labute approximate surface area is 152 Å². The predicted molar refractivity (Wildman–Crippen MR) is 103 cm³/mol. The number of anilines is 2. The Hall–Kier alpha value is -1.36. The lowest BCUT2D eigenvalue weighted by atomic mass is 9.96. The third-order valence-electron chi connectivity index (χ3n) is 6.23. The molecule has 138 valence electrons. The molecule has 1 atom stereocenters. The highest BCUT2D eigenvalue weighted by Crippen LogP contribution is 2.30. The lowest BCUT2D eigenvalue weighted by molar-refractivity contribution is 0.322. The number of rotatable bonds is 4. The Kier molecular flexibility index (Phi) is 5.39. The molecule has 0 bridgehead atoms. The standard InChI is InChI=1S/C20H33N5/c1-24-12-8-9-16(24)15-21-20-22-18-11-5-4-10-17(18)19(23-20)25-13-6-2-3-7-14-25/h16H,2-15H2,1H3,(H,21,22,23). The van der Waals surface area contributed by atoms with Gasteiger partial charge in [0.25, 0.3) is 0 Å². The molecule has 5 heteroatoms. The molecule has 0 saturated carbocycles. The predicted octanol–water partition coefficient (Wildman–Crippen LogP) is 3.24. The summed E-state index contributed by atoms with van der Waals surface area (Å²) in [5.74, 6) is 2.11. The van der Waals surface area contributed by atoms with E-state index in [0.717, 1.165) is 38.4 Å². The zero-order valence-corrected chi connectivity index (χ0v) is 15.8. The molecule has 1 aliphatic carbocycles. The van der Waals surface area contributed by atoms with Crippen LogP contribution in [0.1, 0.15) is 62.6 Å². The van der Waals surface area contributed by atoms with Gasteiger partial charge in [-0.1, -0.05) is 12.8 Å². The first-order chi connectivity index (χ1) is 12.3. The van der Waals surface area contributed by atoms with Crippen LogP contribution in [0.3, 0.4) is 0 Å². The summed E-state index contributed by atoms with van der Waals surface area (Å²) in [4.78, 5) is 14.9. The van der Waals surface area contributed by atoms with Crippen LogP contribution in [0.4, 0.5) is 11.8 Å². The van der Waals surface area contributed by atoms with Gasteiger partial charge in [-0.15, -0.1) is 0 Å². The average Bonchev–Trinajstić information content (AvgIpc) is 2.88. The van der Waals surface area contributed by atoms with E-state index in [1.54, 1.807) is 0 Å². The second-order valence-corrected chi connectivity index (χ2v) is 8.06. The average molecular weight is 344 g/mol. The first-order valence-electron chi connectivity index (χ1n) is 10.4. The summed E-state index contributed by atoms with van der Waals surface area (Å²) in [6, 6.07) is 0.626. The normalized spacial score (nSPS) is 24.8. The molecule has 1 aromatic heterocycles. The highest BCUT2D eigenvalue weighted by Gasteiger charge is 2.24. The number of nitrogens with one attached hydrogen (secondary N) is 1. The van der Waals surface area contributed by atoms with Crippen molar-refractivity contribution < 1.29 is 0 Å². The van der Waals surface area contributed by atoms with E-state index >= 15 is 0 Å². The van der Waals surface area contributed by atoms with Crippen LogP contribution >= 0.6 is 0 Å². The molecule has 0 spiro atoms. The molecule has 1 unspecified atom stereocenters. The Morgan fingerprint density at radius 2 is 1.72 bits per heavy atom. The van der Waals surface area contributed by atoms with Gasteiger partial charge in [-0.05, 0) is 65.0 Å². The van der Waals surface area contributed by atoms with Gasteiger partial charge in [-0.25, -0.2) is 4.98 Å². The van der Waals surface area contributed by atoms with E-state index in [-0.39, 0.29) is 0 Å². The van der Waals surface area contributed by atoms with E-state index in [1.807, 2.05) is 0 Å². The quantitative estimate of drug-likeness (QED) is 0.909. The number of aromatic nitrogens is 2. The summed E-state index contributed by atoms with van der Waals surface area (Å²) < 4.78 is 0. The van der Waals surface area contributed by atoms with E-state index in [0.29, 0.717) is 6.04 Å². The van der Waals surface area contributed by atoms with Crippen molar-refractivity contribution in [3.63, 3.8) is 0 Å². The van der Waals surface area contributed by atoms with Crippen LogP contribution in [0.25, 0.3) is 0 Å². The Morgan fingerprint density at radius 1 is 0.920 bits per heavy atom. The zero-order chi connectivity index (χ0) is 17.1. The third-order valence-corrected chi connectivity index (χ3v) is 6.23. The van der Waals surface area contributed by atoms with Crippen LogP contribution in [-0.2, 0) is 12.8 Å². The van der Waals surface area contributed by atoms with Gasteiger partial charge in [0.05, 0.1) is 5.69 Å². The topological polar surface area (TPSA) is 44.3 Å². The van der Waals surface area contributed by atoms with Crippen molar-refractivity contribution >= 4 is 11.8 Å². The number of likely N-dealkylation sites (N-methyl/N-ethyl adjacent to an activating group) is 1. The van der Waals surface area contributed by atoms with Gasteiger partial charge in [0.1, 0.15) is 5.82 Å². The first kappa shape index (κ1) is 17.1. The van der Waals surface area contributed by atoms with Gasteiger partial charge < -0.3 is 15.1 Å².